The van der Waals surface area contributed by atoms with Gasteiger partial charge in [-0.2, -0.15) is 0 Å². The highest BCUT2D eigenvalue weighted by molar-refractivity contribution is 6.16. The van der Waals surface area contributed by atoms with Crippen LogP contribution < -0.4 is 42.5 Å². The van der Waals surface area contributed by atoms with Crippen LogP contribution >= 0.6 is 0 Å². The van der Waals surface area contributed by atoms with Crippen LogP contribution in [-0.4, -0.2) is 80.0 Å². The molecule has 7 aromatic rings. The second-order valence-corrected chi connectivity index (χ2v) is 41.4. The van der Waals surface area contributed by atoms with Crippen molar-refractivity contribution in [3.8, 4) is 0 Å². The molecule has 0 spiro atoms. The first kappa shape index (κ1) is 90.9. The summed E-state index contributed by atoms with van der Waals surface area (Å²) in [5.41, 5.74) is -3.62. The Balaban J connectivity index is 0.798. The number of hydrogen-bond donors (Lipinski definition) is 8. The Morgan fingerprint density at radius 2 is 0.413 bits per heavy atom. The number of nitrogens with zero attached hydrogens (tertiary/aromatic N) is 2. The Bertz CT molecular complexity index is 4770. The third-order valence-corrected chi connectivity index (χ3v) is 32.0. The predicted molar refractivity (Wildman–Crippen MR) is 494 cm³/mol. The lowest BCUT2D eigenvalue weighted by Crippen LogP contribution is -2.65. The number of nitrogens with one attached hydrogen (secondary N) is 8. The molecular formula is C104H136N10O12. The average Bonchev–Trinajstić information content (AvgIpc) is 1.02. The summed E-state index contributed by atoms with van der Waals surface area (Å²) in [5.74, 6) is -3.15. The number of anilines is 4. The van der Waals surface area contributed by atoms with Crippen LogP contribution in [-0.2, 0) is 70.6 Å². The molecule has 4 unspecified atom stereocenters. The van der Waals surface area contributed by atoms with Gasteiger partial charge in [-0.1, -0.05) is 184 Å². The minimum atomic E-state index is -1.03. The van der Waals surface area contributed by atoms with Crippen LogP contribution in [0.2, 0.25) is 0 Å². The van der Waals surface area contributed by atoms with E-state index in [4.69, 9.17) is 0 Å². The maximum absolute atomic E-state index is 15.7. The van der Waals surface area contributed by atoms with E-state index in [1.807, 2.05) is 72.8 Å². The van der Waals surface area contributed by atoms with Crippen molar-refractivity contribution in [1.82, 2.24) is 30.4 Å². The quantitative estimate of drug-likeness (QED) is 0.0170. The van der Waals surface area contributed by atoms with Crippen molar-refractivity contribution in [3.05, 3.63) is 108 Å². The zero-order valence-electron chi connectivity index (χ0n) is 76.9. The highest BCUT2D eigenvalue weighted by Crippen LogP contribution is 2.67. The minimum absolute atomic E-state index is 0.216. The van der Waals surface area contributed by atoms with E-state index >= 15 is 19.2 Å². The van der Waals surface area contributed by atoms with Crippen LogP contribution in [0, 0.1) is 65.0 Å². The van der Waals surface area contributed by atoms with Gasteiger partial charge in [-0.25, -0.2) is 0 Å². The highest BCUT2D eigenvalue weighted by Gasteiger charge is 2.69. The molecule has 22 nitrogen and oxygen atoms in total. The zero-order chi connectivity index (χ0) is 90.0. The van der Waals surface area contributed by atoms with Gasteiger partial charge < -0.3 is 30.4 Å². The number of rotatable bonds is 36. The zero-order valence-corrected chi connectivity index (χ0v) is 76.9. The van der Waals surface area contributed by atoms with E-state index in [9.17, 15) is 38.4 Å². The Morgan fingerprint density at radius 3 is 0.571 bits per heavy atom. The van der Waals surface area contributed by atoms with Crippen molar-refractivity contribution in [2.45, 2.75) is 327 Å². The standard InChI is InChI=1S/C104H136N10O12/c1-13-37-93(55-97(41-17-5)63-98(56-93,42-18-6)86(120)109-85(97)119)81(115)105-69-29-33-77-73(49-69)74-50-70(106-82(116)94(38-14-2)57-99(43-19-7)64-100(58-94,44-20-8)88(122)110-87(99)121)30-34-78(74)113(77)53-67-25-27-68(28-26-67)54-114-79-35-31-71(107-83(117)95(39-15-3)59-101(45-21-9)65-102(60-95,46-22-10)90(124)111-89(101)123)51-75(79)76-52-72(32-36-80(76)114)108-84(118)96(40-16-4)61-103(47-23-11)66-104(62-96,48-24-12)92(126)112-91(103)125/h25-36,49-52H,13-24,37-48,53-66H2,1-12H3,(H,105,115)(H,106,116)(H,107,117)(H,108,118)(H,109,119,120)(H,110,121,122)(H,111,123,124)(H,112,125,126)/t93?,94?,95?,96?,97-,98+,99-,100+,101-,102+,103-,104+. The van der Waals surface area contributed by atoms with Crippen molar-refractivity contribution in [2.75, 3.05) is 21.3 Å². The van der Waals surface area contributed by atoms with Gasteiger partial charge in [-0.05, 0) is 238 Å². The molecule has 12 atom stereocenters. The average molecular weight is 1720 g/mol. The van der Waals surface area contributed by atoms with Crippen LogP contribution in [0.3, 0.4) is 0 Å². The second-order valence-electron chi connectivity index (χ2n) is 41.4. The van der Waals surface area contributed by atoms with Crippen LogP contribution in [0.25, 0.3) is 43.6 Å². The monoisotopic (exact) mass is 1720 g/mol. The Kier molecular flexibility index (Phi) is 25.0. The number of fused-ring (bicyclic) bond motifs is 14. The number of piperidine rings is 4. The molecule has 0 radical (unpaired) electrons. The third kappa shape index (κ3) is 15.4. The molecule has 4 aliphatic heterocycles. The minimum Gasteiger partial charge on any atom is -0.336 e. The molecule has 674 valence electrons. The predicted octanol–water partition coefficient (Wildman–Crippen LogP) is 20.6. The van der Waals surface area contributed by atoms with E-state index in [1.54, 1.807) is 0 Å². The molecular weight excluding hydrogens is 1580 g/mol. The van der Waals surface area contributed by atoms with Gasteiger partial charge in [0.2, 0.25) is 70.9 Å². The van der Waals surface area contributed by atoms with E-state index in [-0.39, 0.29) is 70.9 Å². The normalized spacial score (nSPS) is 30.4. The summed E-state index contributed by atoms with van der Waals surface area (Å²) in [7, 11) is 0. The number of aromatic nitrogens is 2. The number of amides is 12. The highest BCUT2D eigenvalue weighted by atomic mass is 16.2. The van der Waals surface area contributed by atoms with E-state index in [0.29, 0.717) is 267 Å². The smallest absolute Gasteiger partial charge is 0.232 e. The number of carbonyl (C=O) groups excluding carboxylic acids is 12. The maximum atomic E-state index is 15.7. The Hall–Kier alpha value is -9.86. The lowest BCUT2D eigenvalue weighted by Gasteiger charge is -2.57. The van der Waals surface area contributed by atoms with Gasteiger partial charge in [0.05, 0.1) is 65.0 Å². The van der Waals surface area contributed by atoms with Gasteiger partial charge in [0, 0.05) is 79.5 Å². The summed E-state index contributed by atoms with van der Waals surface area (Å²) >= 11 is 0. The Morgan fingerprint density at radius 1 is 0.246 bits per heavy atom. The maximum Gasteiger partial charge on any atom is 0.232 e. The fourth-order valence-corrected chi connectivity index (χ4v) is 28.2. The molecule has 12 amide bonds. The second kappa shape index (κ2) is 34.6. The van der Waals surface area contributed by atoms with Crippen molar-refractivity contribution < 1.29 is 57.5 Å². The molecule has 5 aromatic carbocycles. The molecule has 4 saturated heterocycles. The molecule has 2 aromatic heterocycles. The third-order valence-electron chi connectivity index (χ3n) is 32.0. The van der Waals surface area contributed by atoms with Crippen LogP contribution in [0.5, 0.6) is 0 Å². The molecule has 6 heterocycles. The fraction of sp³-hybridized carbons (Fsp3) is 0.596. The number of imide groups is 4. The topological polar surface area (TPSA) is 311 Å². The summed E-state index contributed by atoms with van der Waals surface area (Å²) < 4.78 is 4.50. The number of hydrogen-bond acceptors (Lipinski definition) is 12. The summed E-state index contributed by atoms with van der Waals surface area (Å²) in [6.45, 7) is 25.4. The molecule has 22 heteroatoms. The van der Waals surface area contributed by atoms with E-state index < -0.39 is 65.0 Å². The van der Waals surface area contributed by atoms with Crippen molar-refractivity contribution >= 4 is 137 Å². The summed E-state index contributed by atoms with van der Waals surface area (Å²) in [6, 6.07) is 32.3. The van der Waals surface area contributed by atoms with E-state index in [1.165, 1.54) is 0 Å². The summed E-state index contributed by atoms with van der Waals surface area (Å²) in [4.78, 5) is 177. The molecule has 8 aliphatic rings. The first-order valence-electron chi connectivity index (χ1n) is 48.2. The van der Waals surface area contributed by atoms with Gasteiger partial charge >= 0.3 is 0 Å². The molecule has 8 fully saturated rings. The molecule has 126 heavy (non-hydrogen) atoms. The van der Waals surface area contributed by atoms with Gasteiger partial charge in [-0.15, -0.1) is 0 Å². The molecule has 8 N–H and O–H groups in total. The molecule has 8 bridgehead atoms. The van der Waals surface area contributed by atoms with Gasteiger partial charge in [0.15, 0.2) is 0 Å². The largest absolute Gasteiger partial charge is 0.336 e. The van der Waals surface area contributed by atoms with Crippen LogP contribution in [0.4, 0.5) is 22.7 Å². The molecule has 15 rings (SSSR count). The van der Waals surface area contributed by atoms with Crippen LogP contribution in [0.1, 0.15) is 325 Å². The van der Waals surface area contributed by atoms with E-state index in [0.717, 1.165) is 54.7 Å². The van der Waals surface area contributed by atoms with Gasteiger partial charge in [-0.3, -0.25) is 78.8 Å². The van der Waals surface area contributed by atoms with Crippen molar-refractivity contribution in [2.24, 2.45) is 65.0 Å². The van der Waals surface area contributed by atoms with E-state index in [2.05, 4.69) is 159 Å². The molecule has 4 aliphatic carbocycles. The van der Waals surface area contributed by atoms with Crippen molar-refractivity contribution in [1.29, 1.82) is 0 Å². The summed E-state index contributed by atoms with van der Waals surface area (Å²) in [6.07, 6.45) is 19.1. The number of benzene rings is 5. The van der Waals surface area contributed by atoms with Gasteiger partial charge in [0.25, 0.3) is 0 Å². The Labute approximate surface area is 742 Å². The lowest BCUT2D eigenvalue weighted by molar-refractivity contribution is -0.171. The SMILES string of the molecule is CCCC1(C(=O)Nc2ccc3c(c2)c2cc(NC(=O)C4(CCC)C[C@@]5(CCC)C[C@@](CCC)(C4)C(=O)NC5=O)ccc2n3Cc2ccc(Cn3c4ccc(NC(=O)C5(CCC)C[C@@]6(CCC)C[C@@](CCC)(C5)C(=O)NC6=O)cc4c4cc(NC(=O)C5(CCC)C[C@@]6(CCC)C[C@@](CCC)(C5)C(=O)NC6=O)ccc43)cc2)C[C@@]2(CCC)C[C@@](CCC)(C1)C(=O)NC2=O. The summed E-state index contributed by atoms with van der Waals surface area (Å²) in [5, 5.41) is 28.0. The number of carbonyl (C=O) groups is 12. The molecule has 4 saturated carbocycles. The first-order chi connectivity index (χ1) is 60.3. The van der Waals surface area contributed by atoms with Gasteiger partial charge in [0.1, 0.15) is 0 Å². The first-order valence-corrected chi connectivity index (χ1v) is 48.2. The van der Waals surface area contributed by atoms with Crippen LogP contribution in [0.15, 0.2) is 97.1 Å². The fourth-order valence-electron chi connectivity index (χ4n) is 28.2. The van der Waals surface area contributed by atoms with Crippen molar-refractivity contribution in [3.63, 3.8) is 0 Å². The lowest BCUT2D eigenvalue weighted by atomic mass is 9.47.